The highest BCUT2D eigenvalue weighted by Crippen LogP contribution is 2.31. The van der Waals surface area contributed by atoms with Gasteiger partial charge in [-0.2, -0.15) is 40.3 Å². The second-order valence-corrected chi connectivity index (χ2v) is 9.41. The molecular formula is C24H18N20. The van der Waals surface area contributed by atoms with Gasteiger partial charge < -0.3 is 9.97 Å². The van der Waals surface area contributed by atoms with Crippen molar-refractivity contribution in [3.05, 3.63) is 59.0 Å². The Bertz CT molecular complexity index is 2200. The number of nitriles is 2. The molecule has 0 amide bonds. The standard InChI is InChI=1S/C24H18N20/c1-11-19(23-31-13(3)39-43(23)37-11)33-35-21-15(6-25)8-29-41(21)17-5-18(28-10-27-17)42-22(16(7-26)9-30-42)36-34-20-12(2)38-44-24(20)32-14(4)40-44/h5,8-10H,1-4H3,(H,31,39)(H,32,40)/b35-33+,36-34+. The summed E-state index contributed by atoms with van der Waals surface area (Å²) in [4.78, 5) is 14.8. The van der Waals surface area contributed by atoms with Gasteiger partial charge in [-0.1, -0.05) is 0 Å². The molecular weight excluding hydrogens is 568 g/mol. The molecule has 7 heterocycles. The normalized spacial score (nSPS) is 11.9. The van der Waals surface area contributed by atoms with Crippen molar-refractivity contribution in [2.24, 2.45) is 20.5 Å². The molecule has 0 saturated heterocycles. The topological polar surface area (TPSA) is 250 Å². The minimum Gasteiger partial charge on any atom is -0.324 e. The van der Waals surface area contributed by atoms with E-state index in [2.05, 4.69) is 83.1 Å². The maximum atomic E-state index is 9.74. The molecule has 7 rings (SSSR count). The van der Waals surface area contributed by atoms with E-state index in [9.17, 15) is 10.5 Å². The Balaban J connectivity index is 1.28. The van der Waals surface area contributed by atoms with Crippen LogP contribution in [0.3, 0.4) is 0 Å². The molecule has 0 unspecified atom stereocenters. The fourth-order valence-electron chi connectivity index (χ4n) is 4.42. The van der Waals surface area contributed by atoms with E-state index < -0.39 is 0 Å². The predicted octanol–water partition coefficient (Wildman–Crippen LogP) is 3.40. The Morgan fingerprint density at radius 1 is 0.659 bits per heavy atom. The van der Waals surface area contributed by atoms with Gasteiger partial charge >= 0.3 is 0 Å². The lowest BCUT2D eigenvalue weighted by molar-refractivity contribution is 0.793. The number of H-pyrrole nitrogens is 2. The highest BCUT2D eigenvalue weighted by molar-refractivity contribution is 5.67. The molecule has 214 valence electrons. The average Bonchev–Trinajstić information content (AvgIpc) is 3.84. The Morgan fingerprint density at radius 2 is 1.11 bits per heavy atom. The average molecular weight is 587 g/mol. The first-order valence-electron chi connectivity index (χ1n) is 12.8. The molecule has 7 aromatic rings. The molecule has 0 atom stereocenters. The van der Waals surface area contributed by atoms with Crippen LogP contribution < -0.4 is 0 Å². The quantitative estimate of drug-likeness (QED) is 0.268. The van der Waals surface area contributed by atoms with E-state index in [1.807, 2.05) is 0 Å². The molecule has 7 aromatic heterocycles. The van der Waals surface area contributed by atoms with Gasteiger partial charge in [-0.3, -0.25) is 0 Å². The zero-order valence-electron chi connectivity index (χ0n) is 23.4. The summed E-state index contributed by atoms with van der Waals surface area (Å²) in [7, 11) is 0. The lowest BCUT2D eigenvalue weighted by Gasteiger charge is -2.06. The first kappa shape index (κ1) is 26.0. The van der Waals surface area contributed by atoms with E-state index in [1.54, 1.807) is 33.8 Å². The van der Waals surface area contributed by atoms with Crippen molar-refractivity contribution in [3.8, 4) is 23.8 Å². The van der Waals surface area contributed by atoms with Crippen LogP contribution >= 0.6 is 0 Å². The molecule has 20 heteroatoms. The minimum atomic E-state index is 0.126. The van der Waals surface area contributed by atoms with Crippen LogP contribution in [0, 0.1) is 50.4 Å². The first-order chi connectivity index (χ1) is 21.3. The van der Waals surface area contributed by atoms with Crippen molar-refractivity contribution in [3.63, 3.8) is 0 Å². The second-order valence-electron chi connectivity index (χ2n) is 9.41. The molecule has 44 heavy (non-hydrogen) atoms. The number of rotatable bonds is 6. The Morgan fingerprint density at radius 3 is 1.55 bits per heavy atom. The van der Waals surface area contributed by atoms with Gasteiger partial charge in [-0.05, 0) is 27.7 Å². The van der Waals surface area contributed by atoms with Gasteiger partial charge in [0.05, 0.1) is 23.8 Å². The van der Waals surface area contributed by atoms with Crippen LogP contribution in [0.15, 0.2) is 45.2 Å². The fourth-order valence-corrected chi connectivity index (χ4v) is 4.42. The summed E-state index contributed by atoms with van der Waals surface area (Å²) >= 11 is 0. The van der Waals surface area contributed by atoms with Crippen molar-refractivity contribution in [1.82, 2.24) is 69.2 Å². The van der Waals surface area contributed by atoms with Gasteiger partial charge in [-0.15, -0.1) is 39.9 Å². The van der Waals surface area contributed by atoms with Crippen molar-refractivity contribution in [1.29, 1.82) is 10.5 Å². The Labute approximate surface area is 245 Å². The van der Waals surface area contributed by atoms with Gasteiger partial charge in [0.25, 0.3) is 0 Å². The van der Waals surface area contributed by atoms with Crippen LogP contribution in [0.4, 0.5) is 23.0 Å². The van der Waals surface area contributed by atoms with Crippen molar-refractivity contribution < 1.29 is 0 Å². The van der Waals surface area contributed by atoms with Gasteiger partial charge in [-0.25, -0.2) is 9.97 Å². The lowest BCUT2D eigenvalue weighted by Crippen LogP contribution is -2.05. The molecule has 0 bridgehead atoms. The number of azo groups is 2. The smallest absolute Gasteiger partial charge is 0.197 e. The second kappa shape index (κ2) is 9.85. The molecule has 0 saturated carbocycles. The SMILES string of the molecule is Cc1nn2nc(C)c(/N=N/c3c(C#N)cnn3-c3cc(-n4ncc(C#N)c4/N=N/c4c(C)nn5nc(C)[nH]c45)ncn3)c2[nH]1. The molecule has 0 spiro atoms. The molecule has 0 aliphatic rings. The minimum absolute atomic E-state index is 0.126. The van der Waals surface area contributed by atoms with Crippen LogP contribution in [0.1, 0.15) is 34.2 Å². The third kappa shape index (κ3) is 4.14. The molecule has 0 fully saturated rings. The molecule has 0 aliphatic heterocycles. The number of hydrogen-bond donors (Lipinski definition) is 2. The summed E-state index contributed by atoms with van der Waals surface area (Å²) in [5.74, 6) is 2.06. The number of aromatic nitrogens is 14. The fraction of sp³-hybridized carbons (Fsp3) is 0.167. The number of nitrogens with one attached hydrogen (secondary N) is 2. The van der Waals surface area contributed by atoms with Crippen LogP contribution in [0.5, 0.6) is 0 Å². The number of fused-ring (bicyclic) bond motifs is 2. The van der Waals surface area contributed by atoms with Crippen LogP contribution in [0.25, 0.3) is 22.9 Å². The third-order valence-corrected chi connectivity index (χ3v) is 6.40. The summed E-state index contributed by atoms with van der Waals surface area (Å²) in [6.07, 6.45) is 3.99. The monoisotopic (exact) mass is 586 g/mol. The number of nitrogens with zero attached hydrogens (tertiary/aromatic N) is 18. The zero-order chi connectivity index (χ0) is 30.5. The van der Waals surface area contributed by atoms with Crippen LogP contribution in [-0.2, 0) is 0 Å². The summed E-state index contributed by atoms with van der Waals surface area (Å²) < 4.78 is 5.54. The van der Waals surface area contributed by atoms with Crippen molar-refractivity contribution in [2.45, 2.75) is 27.7 Å². The molecule has 0 radical (unpaired) electrons. The van der Waals surface area contributed by atoms with Crippen molar-refractivity contribution in [2.75, 3.05) is 0 Å². The van der Waals surface area contributed by atoms with Gasteiger partial charge in [0.1, 0.15) is 41.2 Å². The lowest BCUT2D eigenvalue weighted by atomic mass is 10.3. The van der Waals surface area contributed by atoms with E-state index in [-0.39, 0.29) is 34.4 Å². The summed E-state index contributed by atoms with van der Waals surface area (Å²) in [5.41, 5.74) is 3.52. The van der Waals surface area contributed by atoms with Crippen LogP contribution in [0.2, 0.25) is 0 Å². The number of aryl methyl sites for hydroxylation is 4. The van der Waals surface area contributed by atoms with E-state index in [4.69, 9.17) is 0 Å². The van der Waals surface area contributed by atoms with Gasteiger partial charge in [0.2, 0.25) is 0 Å². The van der Waals surface area contributed by atoms with Crippen molar-refractivity contribution >= 4 is 34.3 Å². The van der Waals surface area contributed by atoms with E-state index >= 15 is 0 Å². The Hall–Kier alpha value is -6.96. The molecule has 0 aromatic carbocycles. The van der Waals surface area contributed by atoms with E-state index in [0.29, 0.717) is 45.7 Å². The third-order valence-electron chi connectivity index (χ3n) is 6.40. The predicted molar refractivity (Wildman–Crippen MR) is 148 cm³/mol. The molecule has 20 nitrogen and oxygen atoms in total. The zero-order valence-corrected chi connectivity index (χ0v) is 23.4. The molecule has 2 N–H and O–H groups in total. The highest BCUT2D eigenvalue weighted by Gasteiger charge is 2.19. The van der Waals surface area contributed by atoms with Gasteiger partial charge in [0.15, 0.2) is 45.9 Å². The summed E-state index contributed by atoms with van der Waals surface area (Å²) in [6.45, 7) is 7.13. The maximum Gasteiger partial charge on any atom is 0.197 e. The summed E-state index contributed by atoms with van der Waals surface area (Å²) in [6, 6.07) is 5.69. The Kier molecular flexibility index (Phi) is 5.81. The maximum absolute atomic E-state index is 9.74. The number of aromatic amines is 2. The summed E-state index contributed by atoms with van der Waals surface area (Å²) in [5, 5.41) is 62.6. The molecule has 0 aliphatic carbocycles. The van der Waals surface area contributed by atoms with Crippen LogP contribution in [-0.4, -0.2) is 69.2 Å². The highest BCUT2D eigenvalue weighted by atomic mass is 15.5. The van der Waals surface area contributed by atoms with E-state index in [1.165, 1.54) is 37.3 Å². The number of hydrogen-bond acceptors (Lipinski definition) is 14. The van der Waals surface area contributed by atoms with Gasteiger partial charge in [0, 0.05) is 6.07 Å². The van der Waals surface area contributed by atoms with E-state index in [0.717, 1.165) is 0 Å². The largest absolute Gasteiger partial charge is 0.324 e. The first-order valence-corrected chi connectivity index (χ1v) is 12.8.